The summed E-state index contributed by atoms with van der Waals surface area (Å²) < 4.78 is 29.2. The van der Waals surface area contributed by atoms with E-state index in [1.165, 1.54) is 36.4 Å². The van der Waals surface area contributed by atoms with Gasteiger partial charge in [-0.25, -0.2) is 24.0 Å². The van der Waals surface area contributed by atoms with E-state index in [1.54, 1.807) is 66.7 Å². The number of carbonyl (C=O) groups excluding carboxylic acids is 7. The van der Waals surface area contributed by atoms with Gasteiger partial charge in [0.05, 0.1) is 55.6 Å². The zero-order valence-electron chi connectivity index (χ0n) is 59.4. The number of carboxylic acid groups (broad SMARTS) is 4. The van der Waals surface area contributed by atoms with Crippen molar-refractivity contribution in [3.8, 4) is 22.3 Å². The molecule has 0 aliphatic carbocycles. The number of benzene rings is 6. The largest absolute Gasteiger partial charge is 1.00 e. The Bertz CT molecular complexity index is 4090. The van der Waals surface area contributed by atoms with Crippen LogP contribution in [0.2, 0.25) is 0 Å². The molecule has 6 aromatic rings. The second-order valence-corrected chi connectivity index (χ2v) is 27.6. The van der Waals surface area contributed by atoms with E-state index in [0.29, 0.717) is 0 Å². The Morgan fingerprint density at radius 1 is 0.468 bits per heavy atom. The third-order valence-corrected chi connectivity index (χ3v) is 19.7. The number of carbonyl (C=O) groups is 11. The molecule has 34 heteroatoms. The van der Waals surface area contributed by atoms with Crippen molar-refractivity contribution in [1.82, 2.24) is 31.9 Å². The van der Waals surface area contributed by atoms with Crippen molar-refractivity contribution in [1.29, 1.82) is 0 Å². The second kappa shape index (κ2) is 41.6. The molecule has 2 saturated heterocycles. The van der Waals surface area contributed by atoms with Crippen LogP contribution in [0.5, 0.6) is 0 Å². The zero-order chi connectivity index (χ0) is 78.2. The van der Waals surface area contributed by atoms with E-state index in [-0.39, 0.29) is 99.8 Å². The fourth-order valence-corrected chi connectivity index (χ4v) is 13.6. The predicted molar refractivity (Wildman–Crippen MR) is 389 cm³/mol. The molecule has 109 heavy (non-hydrogen) atoms. The van der Waals surface area contributed by atoms with Crippen molar-refractivity contribution in [3.63, 3.8) is 0 Å². The molecule has 8 rings (SSSR count). The Balaban J connectivity index is 0.0000165. The van der Waals surface area contributed by atoms with Crippen LogP contribution in [-0.4, -0.2) is 245 Å². The number of amides is 6. The van der Waals surface area contributed by atoms with Gasteiger partial charge in [0.1, 0.15) is 42.6 Å². The molecular weight excluding hydrogens is 1470 g/mol. The van der Waals surface area contributed by atoms with E-state index in [1.807, 2.05) is 60.7 Å². The average molecular weight is 1560 g/mol. The summed E-state index contributed by atoms with van der Waals surface area (Å²) in [4.78, 5) is 142. The molecule has 0 aromatic heterocycles. The Kier molecular flexibility index (Phi) is 33.2. The van der Waals surface area contributed by atoms with Crippen LogP contribution in [0.3, 0.4) is 0 Å². The Labute approximate surface area is 655 Å². The Morgan fingerprint density at radius 3 is 1.20 bits per heavy atom. The van der Waals surface area contributed by atoms with E-state index in [4.69, 9.17) is 23.7 Å². The standard InChI is InChI=1S/C75H84N6O25S2.Na/c1-42(82)78-59-55(84)36-74(72(98)99,105-63(59)61(87)56(85)38-76-65(89)48-24-20-46(21-25-48)44-14-6-3-7-15-44)102-32-12-34-107-40-53(69(93)94)80-67(91)50-28-30-51(31-29-50)68(92)81-54(70(95)96)41-108-35-13-33-103-75(73(100)101)37-58(104-71(97)52-18-10-5-11-19-52)60(79-43(2)83)64(106-75)62(88)57(86)39-77-66(90)49-26-22-47(23-27-49)45-16-8-4-9-17-45;/h3-11,14-31,53-64,84-88H,12-13,32-41H2,1-2H3,(H,76,89)(H,77,90)(H,78,82)(H,79,83)(H,80,91)(H,81,92)(H,93,94)(H,95,96)(H,98,99)(H,100,101);/q;+1/t53?,54?,55-,56+,57+,58-,59+,60+,61?,62?,63+,64+,74+,75+;/m0./s1. The van der Waals surface area contributed by atoms with Gasteiger partial charge in [0.25, 0.3) is 35.2 Å². The van der Waals surface area contributed by atoms with Crippen molar-refractivity contribution < 1.29 is 152 Å². The van der Waals surface area contributed by atoms with Gasteiger partial charge in [0.2, 0.25) is 11.8 Å². The number of rotatable bonds is 38. The number of esters is 1. The molecule has 0 radical (unpaired) electrons. The summed E-state index contributed by atoms with van der Waals surface area (Å²) in [5.41, 5.74) is 3.76. The van der Waals surface area contributed by atoms with E-state index < -0.39 is 182 Å². The summed E-state index contributed by atoms with van der Waals surface area (Å²) in [6.07, 6.45) is -16.3. The molecule has 0 bridgehead atoms. The smallest absolute Gasteiger partial charge is 0.480 e. The molecule has 2 aliphatic heterocycles. The molecule has 14 atom stereocenters. The quantitative estimate of drug-likeness (QED) is 0.0135. The minimum atomic E-state index is -2.72. The van der Waals surface area contributed by atoms with E-state index in [2.05, 4.69) is 31.9 Å². The van der Waals surface area contributed by atoms with Gasteiger partial charge in [0, 0.05) is 67.1 Å². The minimum absolute atomic E-state index is 0. The Morgan fingerprint density at radius 2 is 0.817 bits per heavy atom. The molecule has 31 nitrogen and oxygen atoms in total. The van der Waals surface area contributed by atoms with Crippen LogP contribution in [0, 0.1) is 0 Å². The van der Waals surface area contributed by atoms with E-state index in [0.717, 1.165) is 59.6 Å². The van der Waals surface area contributed by atoms with Crippen LogP contribution in [0.25, 0.3) is 22.3 Å². The molecule has 2 fully saturated rings. The summed E-state index contributed by atoms with van der Waals surface area (Å²) in [6.45, 7) is 0.215. The van der Waals surface area contributed by atoms with Crippen molar-refractivity contribution in [2.24, 2.45) is 0 Å². The molecule has 0 saturated carbocycles. The molecule has 15 N–H and O–H groups in total. The maximum atomic E-state index is 13.6. The van der Waals surface area contributed by atoms with Gasteiger partial charge in [0.15, 0.2) is 0 Å². The molecule has 6 amide bonds. The van der Waals surface area contributed by atoms with Gasteiger partial charge >= 0.3 is 59.4 Å². The number of hydrogen-bond acceptors (Lipinski definition) is 23. The SMILES string of the molecule is CC(=O)N[C@@H]1[C@@H](OC(=O)c2ccccc2)C[C@](OCCCSCC(NC(=O)c2ccc(C(=O)NC(CSCCCO[C@]3(C(=O)O)C[C@H](O)[C@@H](NC(C)=O)[C@H](C(O)[C@H](O)CNC(=O)c4ccc(-c5ccccc5)cc4)O3)C(=O)O)cc2)C(=O)O)(C(=O)O)O[C@H]1C(O)[C@H](O)CNC(=O)c1ccc(-c2ccccc2)cc1.[Na+]. The Hall–Kier alpha value is -9.17. The molecule has 0 spiro atoms. The number of aliphatic hydroxyl groups excluding tert-OH is 5. The number of thioether (sulfide) groups is 2. The van der Waals surface area contributed by atoms with Crippen molar-refractivity contribution >= 4 is 88.8 Å². The molecule has 576 valence electrons. The van der Waals surface area contributed by atoms with Gasteiger partial charge in [-0.15, -0.1) is 0 Å². The van der Waals surface area contributed by atoms with Gasteiger partial charge in [-0.3, -0.25) is 28.8 Å². The monoisotopic (exact) mass is 1560 g/mol. The number of aliphatic carboxylic acids is 4. The van der Waals surface area contributed by atoms with Crippen molar-refractivity contribution in [2.45, 2.75) is 124 Å². The first-order chi connectivity index (χ1) is 51.6. The average Bonchev–Trinajstić information content (AvgIpc) is 0.767. The number of ether oxygens (including phenoxy) is 5. The van der Waals surface area contributed by atoms with Crippen LogP contribution in [0.4, 0.5) is 0 Å². The summed E-state index contributed by atoms with van der Waals surface area (Å²) in [5, 5.41) is 113. The maximum absolute atomic E-state index is 13.6. The molecule has 2 aliphatic rings. The number of nitrogens with one attached hydrogen (secondary N) is 6. The molecule has 6 aromatic carbocycles. The van der Waals surface area contributed by atoms with Gasteiger partial charge < -0.3 is 102 Å². The van der Waals surface area contributed by atoms with E-state index >= 15 is 0 Å². The fourth-order valence-electron chi connectivity index (χ4n) is 11.7. The van der Waals surface area contributed by atoms with Crippen LogP contribution < -0.4 is 61.5 Å². The minimum Gasteiger partial charge on any atom is -0.480 e. The fraction of sp³-hybridized carbons (Fsp3) is 0.373. The van der Waals surface area contributed by atoms with Crippen LogP contribution >= 0.6 is 23.5 Å². The normalized spacial score (nSPS) is 21.1. The van der Waals surface area contributed by atoms with Crippen LogP contribution in [0.15, 0.2) is 164 Å². The summed E-state index contributed by atoms with van der Waals surface area (Å²) in [6, 6.07) is 38.2. The maximum Gasteiger partial charge on any atom is 1.00 e. The predicted octanol–water partition coefficient (Wildman–Crippen LogP) is -0.290. The van der Waals surface area contributed by atoms with Crippen LogP contribution in [0.1, 0.15) is 91.3 Å². The van der Waals surface area contributed by atoms with Gasteiger partial charge in [-0.05, 0) is 107 Å². The van der Waals surface area contributed by atoms with Gasteiger partial charge in [-0.1, -0.05) is 103 Å². The zero-order valence-corrected chi connectivity index (χ0v) is 63.0. The van der Waals surface area contributed by atoms with Crippen molar-refractivity contribution in [3.05, 3.63) is 192 Å². The molecule has 2 heterocycles. The first-order valence-electron chi connectivity index (χ1n) is 34.1. The third-order valence-electron chi connectivity index (χ3n) is 17.4. The number of carboxylic acids is 4. The first-order valence-corrected chi connectivity index (χ1v) is 36.4. The molecular formula is C75H84N6NaO25S2+. The van der Waals surface area contributed by atoms with Crippen molar-refractivity contribution in [2.75, 3.05) is 49.3 Å². The van der Waals surface area contributed by atoms with E-state index in [9.17, 15) is 98.7 Å². The summed E-state index contributed by atoms with van der Waals surface area (Å²) in [7, 11) is 0. The number of hydrogen-bond donors (Lipinski definition) is 15. The summed E-state index contributed by atoms with van der Waals surface area (Å²) in [5.74, 6) is -17.3. The number of aliphatic hydroxyl groups is 5. The summed E-state index contributed by atoms with van der Waals surface area (Å²) >= 11 is 2.05. The van der Waals surface area contributed by atoms with Crippen LogP contribution in [-0.2, 0) is 52.5 Å². The van der Waals surface area contributed by atoms with Gasteiger partial charge in [-0.2, -0.15) is 23.5 Å². The topological polar surface area (TPSA) is 488 Å². The third kappa shape index (κ3) is 24.4. The first kappa shape index (κ1) is 87.1. The second-order valence-electron chi connectivity index (χ2n) is 25.3. The molecule has 4 unspecified atom stereocenters.